The zero-order chi connectivity index (χ0) is 13.2. The number of benzene rings is 2. The van der Waals surface area contributed by atoms with E-state index in [9.17, 15) is 10.1 Å². The van der Waals surface area contributed by atoms with Gasteiger partial charge in [-0.3, -0.25) is 10.1 Å². The van der Waals surface area contributed by atoms with Crippen LogP contribution in [0.4, 0.5) is 17.1 Å². The first kappa shape index (κ1) is 11.5. The van der Waals surface area contributed by atoms with Gasteiger partial charge in [-0.2, -0.15) is 0 Å². The highest BCUT2D eigenvalue weighted by Gasteiger charge is 2.19. The normalized spacial score (nSPS) is 16.9. The summed E-state index contributed by atoms with van der Waals surface area (Å²) in [6, 6.07) is 14.7. The molecule has 0 unspecified atom stereocenters. The van der Waals surface area contributed by atoms with Gasteiger partial charge in [0.2, 0.25) is 0 Å². The number of anilines is 2. The minimum atomic E-state index is -0.367. The third kappa shape index (κ3) is 2.22. The summed E-state index contributed by atoms with van der Waals surface area (Å²) in [7, 11) is 0. The second-order valence-corrected chi connectivity index (χ2v) is 4.48. The molecular formula is C14H13N3O2. The lowest BCUT2D eigenvalue weighted by atomic mass is 10.0. The Morgan fingerprint density at radius 3 is 2.68 bits per heavy atom. The first-order chi connectivity index (χ1) is 9.24. The highest BCUT2D eigenvalue weighted by atomic mass is 16.6. The van der Waals surface area contributed by atoms with Gasteiger partial charge in [-0.15, -0.1) is 0 Å². The Balaban J connectivity index is 1.89. The third-order valence-corrected chi connectivity index (χ3v) is 3.24. The summed E-state index contributed by atoms with van der Waals surface area (Å²) >= 11 is 0. The van der Waals surface area contributed by atoms with Gasteiger partial charge >= 0.3 is 0 Å². The molecule has 1 aliphatic heterocycles. The van der Waals surface area contributed by atoms with Crippen LogP contribution in [0.1, 0.15) is 11.6 Å². The van der Waals surface area contributed by atoms with Crippen LogP contribution in [0.15, 0.2) is 48.5 Å². The van der Waals surface area contributed by atoms with E-state index in [0.717, 1.165) is 16.9 Å². The summed E-state index contributed by atoms with van der Waals surface area (Å²) in [6.07, 6.45) is 0. The van der Waals surface area contributed by atoms with Crippen molar-refractivity contribution in [1.29, 1.82) is 0 Å². The van der Waals surface area contributed by atoms with Gasteiger partial charge in [0.15, 0.2) is 0 Å². The molecule has 0 saturated heterocycles. The van der Waals surface area contributed by atoms with Crippen LogP contribution in [0.5, 0.6) is 0 Å². The molecule has 96 valence electrons. The van der Waals surface area contributed by atoms with Gasteiger partial charge in [0, 0.05) is 18.7 Å². The number of hydrogen-bond acceptors (Lipinski definition) is 4. The topological polar surface area (TPSA) is 67.2 Å². The molecule has 0 aliphatic carbocycles. The van der Waals surface area contributed by atoms with E-state index in [0.29, 0.717) is 6.54 Å². The third-order valence-electron chi connectivity index (χ3n) is 3.24. The van der Waals surface area contributed by atoms with Crippen LogP contribution in [0.2, 0.25) is 0 Å². The van der Waals surface area contributed by atoms with E-state index in [1.165, 1.54) is 6.07 Å². The minimum absolute atomic E-state index is 0.0369. The van der Waals surface area contributed by atoms with E-state index in [-0.39, 0.29) is 16.7 Å². The number of nitrogens with one attached hydrogen (secondary N) is 2. The Morgan fingerprint density at radius 2 is 1.89 bits per heavy atom. The first-order valence-corrected chi connectivity index (χ1v) is 6.08. The molecule has 2 aromatic carbocycles. The van der Waals surface area contributed by atoms with Crippen molar-refractivity contribution in [3.05, 3.63) is 64.2 Å². The summed E-state index contributed by atoms with van der Waals surface area (Å²) in [6.45, 7) is 0.707. The molecule has 5 heteroatoms. The van der Waals surface area contributed by atoms with E-state index in [1.807, 2.05) is 30.3 Å². The number of nitro benzene ring substituents is 1. The van der Waals surface area contributed by atoms with E-state index in [1.54, 1.807) is 12.1 Å². The van der Waals surface area contributed by atoms with Crippen LogP contribution in [0.25, 0.3) is 0 Å². The van der Waals surface area contributed by atoms with Crippen molar-refractivity contribution in [1.82, 2.24) is 0 Å². The monoisotopic (exact) mass is 255 g/mol. The molecule has 0 bridgehead atoms. The largest absolute Gasteiger partial charge is 0.381 e. The van der Waals surface area contributed by atoms with E-state index < -0.39 is 0 Å². The molecule has 2 aromatic rings. The molecule has 0 amide bonds. The van der Waals surface area contributed by atoms with Crippen LogP contribution in [-0.2, 0) is 0 Å². The lowest BCUT2D eigenvalue weighted by Gasteiger charge is -2.28. The van der Waals surface area contributed by atoms with Crippen LogP contribution in [0, 0.1) is 10.1 Å². The lowest BCUT2D eigenvalue weighted by Crippen LogP contribution is -2.25. The van der Waals surface area contributed by atoms with Gasteiger partial charge in [-0.1, -0.05) is 24.3 Å². The molecule has 0 saturated carbocycles. The summed E-state index contributed by atoms with van der Waals surface area (Å²) < 4.78 is 0. The fraction of sp³-hybridized carbons (Fsp3) is 0.143. The molecule has 0 spiro atoms. The summed E-state index contributed by atoms with van der Waals surface area (Å²) in [5.41, 5.74) is 3.11. The number of non-ortho nitro benzene ring substituents is 1. The van der Waals surface area contributed by atoms with Crippen LogP contribution in [-0.4, -0.2) is 11.5 Å². The summed E-state index contributed by atoms with van der Waals surface area (Å²) in [4.78, 5) is 10.4. The van der Waals surface area contributed by atoms with Crippen molar-refractivity contribution in [3.63, 3.8) is 0 Å². The molecule has 1 aliphatic rings. The molecule has 0 fully saturated rings. The minimum Gasteiger partial charge on any atom is -0.381 e. The van der Waals surface area contributed by atoms with Crippen LogP contribution < -0.4 is 10.6 Å². The second kappa shape index (κ2) is 4.61. The zero-order valence-corrected chi connectivity index (χ0v) is 10.2. The quantitative estimate of drug-likeness (QED) is 0.639. The molecular weight excluding hydrogens is 242 g/mol. The number of para-hydroxylation sites is 2. The van der Waals surface area contributed by atoms with Crippen molar-refractivity contribution in [2.75, 3.05) is 17.2 Å². The number of nitrogens with zero attached hydrogens (tertiary/aromatic N) is 1. The Bertz CT molecular complexity index is 628. The van der Waals surface area contributed by atoms with Crippen LogP contribution in [0.3, 0.4) is 0 Å². The predicted molar refractivity (Wildman–Crippen MR) is 74.4 cm³/mol. The number of hydrogen-bond donors (Lipinski definition) is 2. The maximum Gasteiger partial charge on any atom is 0.269 e. The second-order valence-electron chi connectivity index (χ2n) is 4.48. The number of fused-ring (bicyclic) bond motifs is 1. The Hall–Kier alpha value is -2.56. The maximum atomic E-state index is 10.8. The molecule has 1 heterocycles. The average molecular weight is 255 g/mol. The van der Waals surface area contributed by atoms with Crippen molar-refractivity contribution < 1.29 is 4.92 Å². The van der Waals surface area contributed by atoms with Crippen molar-refractivity contribution >= 4 is 17.1 Å². The molecule has 0 radical (unpaired) electrons. The van der Waals surface area contributed by atoms with Gasteiger partial charge < -0.3 is 10.6 Å². The molecule has 0 aromatic heterocycles. The average Bonchev–Trinajstić information content (AvgIpc) is 2.47. The molecule has 5 nitrogen and oxygen atoms in total. The van der Waals surface area contributed by atoms with Gasteiger partial charge in [0.1, 0.15) is 0 Å². The molecule has 2 N–H and O–H groups in total. The first-order valence-electron chi connectivity index (χ1n) is 6.08. The standard InChI is InChI=1S/C14H13N3O2/c18-17(19)11-5-3-4-10(8-11)14-9-15-12-6-1-2-7-13(12)16-14/h1-8,14-16H,9H2/t14-/m1/s1. The fourth-order valence-corrected chi connectivity index (χ4v) is 2.27. The van der Waals surface area contributed by atoms with Gasteiger partial charge in [0.25, 0.3) is 5.69 Å². The van der Waals surface area contributed by atoms with Crippen LogP contribution >= 0.6 is 0 Å². The van der Waals surface area contributed by atoms with Gasteiger partial charge in [-0.05, 0) is 17.7 Å². The van der Waals surface area contributed by atoms with E-state index in [2.05, 4.69) is 10.6 Å². The van der Waals surface area contributed by atoms with E-state index >= 15 is 0 Å². The molecule has 19 heavy (non-hydrogen) atoms. The molecule has 1 atom stereocenters. The summed E-state index contributed by atoms with van der Waals surface area (Å²) in [5.74, 6) is 0. The molecule has 3 rings (SSSR count). The lowest BCUT2D eigenvalue weighted by molar-refractivity contribution is -0.384. The Morgan fingerprint density at radius 1 is 1.11 bits per heavy atom. The van der Waals surface area contributed by atoms with Crippen molar-refractivity contribution in [3.8, 4) is 0 Å². The summed E-state index contributed by atoms with van der Waals surface area (Å²) in [5, 5.41) is 17.5. The Kier molecular flexibility index (Phi) is 2.79. The fourth-order valence-electron chi connectivity index (χ4n) is 2.27. The van der Waals surface area contributed by atoms with Gasteiger partial charge in [-0.25, -0.2) is 0 Å². The highest BCUT2D eigenvalue weighted by Crippen LogP contribution is 2.31. The predicted octanol–water partition coefficient (Wildman–Crippen LogP) is 3.17. The Labute approximate surface area is 110 Å². The number of nitro groups is 1. The SMILES string of the molecule is O=[N+]([O-])c1cccc([C@H]2CNc3ccccc3N2)c1. The number of rotatable bonds is 2. The maximum absolute atomic E-state index is 10.8. The zero-order valence-electron chi connectivity index (χ0n) is 10.2. The van der Waals surface area contributed by atoms with Crippen molar-refractivity contribution in [2.24, 2.45) is 0 Å². The van der Waals surface area contributed by atoms with Crippen molar-refractivity contribution in [2.45, 2.75) is 6.04 Å². The smallest absolute Gasteiger partial charge is 0.269 e. The van der Waals surface area contributed by atoms with E-state index in [4.69, 9.17) is 0 Å². The van der Waals surface area contributed by atoms with Gasteiger partial charge in [0.05, 0.1) is 22.3 Å². The highest BCUT2D eigenvalue weighted by molar-refractivity contribution is 5.71.